The molecule has 1 fully saturated rings. The van der Waals surface area contributed by atoms with Gasteiger partial charge in [-0.25, -0.2) is 0 Å². The molecule has 0 spiro atoms. The molecule has 2 atom stereocenters. The second-order valence-electron chi connectivity index (χ2n) is 4.50. The normalized spacial score (nSPS) is 27.2. The lowest BCUT2D eigenvalue weighted by Crippen LogP contribution is -2.56. The number of rotatable bonds is 4. The fourth-order valence-corrected chi connectivity index (χ4v) is 2.28. The van der Waals surface area contributed by atoms with Gasteiger partial charge >= 0.3 is 0 Å². The van der Waals surface area contributed by atoms with Crippen LogP contribution in [0.3, 0.4) is 0 Å². The summed E-state index contributed by atoms with van der Waals surface area (Å²) in [5, 5.41) is 17.2. The van der Waals surface area contributed by atoms with Gasteiger partial charge in [0.05, 0.1) is 12.1 Å². The predicted octanol–water partition coefficient (Wildman–Crippen LogP) is 1.21. The van der Waals surface area contributed by atoms with Gasteiger partial charge in [-0.1, -0.05) is 0 Å². The van der Waals surface area contributed by atoms with Crippen LogP contribution in [0, 0.1) is 22.7 Å². The van der Waals surface area contributed by atoms with Crippen LogP contribution >= 0.6 is 0 Å². The average molecular weight is 220 g/mol. The summed E-state index contributed by atoms with van der Waals surface area (Å²) in [7, 11) is 0. The number of piperazine rings is 1. The third kappa shape index (κ3) is 3.48. The van der Waals surface area contributed by atoms with Crippen LogP contribution in [0.5, 0.6) is 0 Å². The second-order valence-corrected chi connectivity index (χ2v) is 4.50. The minimum absolute atomic E-state index is 0.489. The number of hydrogen-bond acceptors (Lipinski definition) is 4. The van der Waals surface area contributed by atoms with E-state index in [-0.39, 0.29) is 0 Å². The highest BCUT2D eigenvalue weighted by Gasteiger charge is 2.27. The number of nitrogens with zero attached hydrogens (tertiary/aromatic N) is 4. The standard InChI is InChI=1S/C12H20N4/c1-11-9-16(8-4-6-14)12(2)10-15(11)7-3-5-13/h11-12H,3-4,7-10H2,1-2H3. The van der Waals surface area contributed by atoms with Crippen molar-refractivity contribution >= 4 is 0 Å². The first kappa shape index (κ1) is 13.0. The van der Waals surface area contributed by atoms with E-state index in [0.29, 0.717) is 24.9 Å². The van der Waals surface area contributed by atoms with Crippen LogP contribution in [-0.2, 0) is 0 Å². The molecule has 0 radical (unpaired) electrons. The van der Waals surface area contributed by atoms with Gasteiger partial charge < -0.3 is 0 Å². The molecule has 16 heavy (non-hydrogen) atoms. The van der Waals surface area contributed by atoms with Crippen molar-refractivity contribution in [3.8, 4) is 12.1 Å². The first-order valence-corrected chi connectivity index (χ1v) is 5.91. The van der Waals surface area contributed by atoms with Crippen molar-refractivity contribution in [2.75, 3.05) is 26.2 Å². The molecule has 1 heterocycles. The molecular formula is C12H20N4. The minimum atomic E-state index is 0.489. The molecular weight excluding hydrogens is 200 g/mol. The Bertz CT molecular complexity index is 258. The van der Waals surface area contributed by atoms with E-state index < -0.39 is 0 Å². The van der Waals surface area contributed by atoms with Crippen LogP contribution in [0.15, 0.2) is 0 Å². The maximum absolute atomic E-state index is 8.59. The second kappa shape index (κ2) is 6.48. The molecule has 0 aromatic rings. The highest BCUT2D eigenvalue weighted by molar-refractivity contribution is 4.87. The van der Waals surface area contributed by atoms with Crippen LogP contribution in [0.2, 0.25) is 0 Å². The van der Waals surface area contributed by atoms with Gasteiger partial charge in [-0.2, -0.15) is 10.5 Å². The number of hydrogen-bond donors (Lipinski definition) is 0. The van der Waals surface area contributed by atoms with E-state index >= 15 is 0 Å². The van der Waals surface area contributed by atoms with Gasteiger partial charge in [0.25, 0.3) is 0 Å². The third-order valence-electron chi connectivity index (χ3n) is 3.27. The van der Waals surface area contributed by atoms with Crippen molar-refractivity contribution in [1.29, 1.82) is 10.5 Å². The average Bonchev–Trinajstić information content (AvgIpc) is 2.28. The van der Waals surface area contributed by atoms with Crippen LogP contribution < -0.4 is 0 Å². The monoisotopic (exact) mass is 220 g/mol. The zero-order chi connectivity index (χ0) is 12.0. The van der Waals surface area contributed by atoms with Gasteiger partial charge in [-0.05, 0) is 13.8 Å². The zero-order valence-electron chi connectivity index (χ0n) is 10.2. The Kier molecular flexibility index (Phi) is 5.25. The number of nitriles is 2. The third-order valence-corrected chi connectivity index (χ3v) is 3.27. The van der Waals surface area contributed by atoms with Crippen LogP contribution in [-0.4, -0.2) is 48.1 Å². The lowest BCUT2D eigenvalue weighted by Gasteiger charge is -2.43. The first-order chi connectivity index (χ1) is 7.69. The molecule has 0 N–H and O–H groups in total. The first-order valence-electron chi connectivity index (χ1n) is 5.91. The van der Waals surface area contributed by atoms with Crippen LogP contribution in [0.4, 0.5) is 0 Å². The molecule has 0 amide bonds. The Labute approximate surface area is 98.1 Å². The van der Waals surface area contributed by atoms with Gasteiger partial charge in [-0.3, -0.25) is 9.80 Å². The Morgan fingerprint density at radius 3 is 1.62 bits per heavy atom. The molecule has 88 valence electrons. The molecule has 1 aliphatic heterocycles. The predicted molar refractivity (Wildman–Crippen MR) is 62.5 cm³/mol. The molecule has 0 aromatic carbocycles. The summed E-state index contributed by atoms with van der Waals surface area (Å²) >= 11 is 0. The van der Waals surface area contributed by atoms with Gasteiger partial charge in [0.1, 0.15) is 0 Å². The van der Waals surface area contributed by atoms with Crippen molar-refractivity contribution in [3.63, 3.8) is 0 Å². The summed E-state index contributed by atoms with van der Waals surface area (Å²) in [6.07, 6.45) is 1.21. The molecule has 1 saturated heterocycles. The van der Waals surface area contributed by atoms with Gasteiger partial charge in [0.2, 0.25) is 0 Å². The molecule has 0 aromatic heterocycles. The molecule has 0 bridgehead atoms. The van der Waals surface area contributed by atoms with Crippen molar-refractivity contribution in [2.45, 2.75) is 38.8 Å². The SMILES string of the molecule is CC1CN(CCC#N)C(C)CN1CCC#N. The van der Waals surface area contributed by atoms with Gasteiger partial charge in [0, 0.05) is 51.1 Å². The Hall–Kier alpha value is -1.10. The Morgan fingerprint density at radius 1 is 0.938 bits per heavy atom. The molecule has 1 aliphatic rings. The van der Waals surface area contributed by atoms with E-state index in [2.05, 4.69) is 35.8 Å². The summed E-state index contributed by atoms with van der Waals surface area (Å²) in [5.74, 6) is 0. The largest absolute Gasteiger partial charge is 0.297 e. The molecule has 0 saturated carbocycles. The van der Waals surface area contributed by atoms with E-state index in [9.17, 15) is 0 Å². The smallest absolute Gasteiger partial charge is 0.0635 e. The highest BCUT2D eigenvalue weighted by atomic mass is 15.3. The van der Waals surface area contributed by atoms with E-state index in [0.717, 1.165) is 26.2 Å². The van der Waals surface area contributed by atoms with Gasteiger partial charge in [0.15, 0.2) is 0 Å². The molecule has 1 rings (SSSR count). The quantitative estimate of drug-likeness (QED) is 0.714. The summed E-state index contributed by atoms with van der Waals surface area (Å²) in [6.45, 7) is 8.15. The Balaban J connectivity index is 2.44. The van der Waals surface area contributed by atoms with Crippen LogP contribution in [0.25, 0.3) is 0 Å². The van der Waals surface area contributed by atoms with Crippen LogP contribution in [0.1, 0.15) is 26.7 Å². The molecule has 2 unspecified atom stereocenters. The van der Waals surface area contributed by atoms with Gasteiger partial charge in [-0.15, -0.1) is 0 Å². The summed E-state index contributed by atoms with van der Waals surface area (Å²) in [4.78, 5) is 4.74. The minimum Gasteiger partial charge on any atom is -0.297 e. The molecule has 4 nitrogen and oxygen atoms in total. The van der Waals surface area contributed by atoms with Crippen molar-refractivity contribution in [2.24, 2.45) is 0 Å². The van der Waals surface area contributed by atoms with Crippen molar-refractivity contribution < 1.29 is 0 Å². The van der Waals surface area contributed by atoms with Crippen molar-refractivity contribution in [3.05, 3.63) is 0 Å². The lowest BCUT2D eigenvalue weighted by molar-refractivity contribution is 0.0457. The van der Waals surface area contributed by atoms with E-state index in [1.807, 2.05) is 0 Å². The van der Waals surface area contributed by atoms with Crippen molar-refractivity contribution in [1.82, 2.24) is 9.80 Å². The topological polar surface area (TPSA) is 54.1 Å². The Morgan fingerprint density at radius 2 is 1.31 bits per heavy atom. The summed E-state index contributed by atoms with van der Waals surface area (Å²) < 4.78 is 0. The fraction of sp³-hybridized carbons (Fsp3) is 0.833. The van der Waals surface area contributed by atoms with E-state index in [1.165, 1.54) is 0 Å². The van der Waals surface area contributed by atoms with E-state index in [4.69, 9.17) is 10.5 Å². The summed E-state index contributed by atoms with van der Waals surface area (Å²) in [6, 6.07) is 5.37. The zero-order valence-corrected chi connectivity index (χ0v) is 10.2. The maximum Gasteiger partial charge on any atom is 0.0635 e. The maximum atomic E-state index is 8.59. The summed E-state index contributed by atoms with van der Waals surface area (Å²) in [5.41, 5.74) is 0. The lowest BCUT2D eigenvalue weighted by atomic mass is 10.1. The van der Waals surface area contributed by atoms with E-state index in [1.54, 1.807) is 0 Å². The molecule has 4 heteroatoms. The highest BCUT2D eigenvalue weighted by Crippen LogP contribution is 2.15. The fourth-order valence-electron chi connectivity index (χ4n) is 2.28. The molecule has 0 aliphatic carbocycles.